The minimum Gasteiger partial charge on any atom is -0.315 e. The Hall–Kier alpha value is -0.130. The fourth-order valence-corrected chi connectivity index (χ4v) is 3.67. The van der Waals surface area contributed by atoms with E-state index in [1.165, 1.54) is 0 Å². The first-order chi connectivity index (χ1) is 8.09. The third-order valence-corrected chi connectivity index (χ3v) is 5.07. The Labute approximate surface area is 106 Å². The average molecular weight is 262 g/mol. The number of likely N-dealkylation sites (N-methyl/N-ethyl adjacent to an activating group) is 1. The maximum atomic E-state index is 11.6. The molecule has 4 nitrogen and oxygen atoms in total. The zero-order valence-corrected chi connectivity index (χ0v) is 11.9. The lowest BCUT2D eigenvalue weighted by Crippen LogP contribution is -2.43. The van der Waals surface area contributed by atoms with Crippen LogP contribution in [0.15, 0.2) is 0 Å². The van der Waals surface area contributed by atoms with E-state index in [4.69, 9.17) is 0 Å². The summed E-state index contributed by atoms with van der Waals surface area (Å²) >= 11 is 0. The topological polar surface area (TPSA) is 49.4 Å². The summed E-state index contributed by atoms with van der Waals surface area (Å²) in [5.74, 6) is 0.697. The number of rotatable bonds is 6. The lowest BCUT2D eigenvalue weighted by atomic mass is 10.1. The van der Waals surface area contributed by atoms with Gasteiger partial charge in [0.05, 0.1) is 11.5 Å². The molecule has 1 atom stereocenters. The second-order valence-corrected chi connectivity index (χ2v) is 7.10. The van der Waals surface area contributed by atoms with E-state index in [0.717, 1.165) is 38.9 Å². The Bertz CT molecular complexity index is 304. The summed E-state index contributed by atoms with van der Waals surface area (Å²) < 4.78 is 23.1. The van der Waals surface area contributed by atoms with E-state index < -0.39 is 9.84 Å². The highest BCUT2D eigenvalue weighted by molar-refractivity contribution is 7.91. The minimum absolute atomic E-state index is 0.333. The molecule has 0 spiro atoms. The van der Waals surface area contributed by atoms with E-state index in [9.17, 15) is 8.42 Å². The number of nitrogens with zero attached hydrogens (tertiary/aromatic N) is 1. The van der Waals surface area contributed by atoms with Crippen molar-refractivity contribution in [3.8, 4) is 0 Å². The van der Waals surface area contributed by atoms with E-state index >= 15 is 0 Å². The second kappa shape index (κ2) is 7.34. The summed E-state index contributed by atoms with van der Waals surface area (Å²) in [6.07, 6.45) is 3.08. The quantitative estimate of drug-likeness (QED) is 0.772. The summed E-state index contributed by atoms with van der Waals surface area (Å²) in [6.45, 7) is 7.88. The molecular formula is C12H26N2O2S. The second-order valence-electron chi connectivity index (χ2n) is 4.79. The third kappa shape index (κ3) is 5.36. The van der Waals surface area contributed by atoms with Crippen LogP contribution in [0.2, 0.25) is 0 Å². The van der Waals surface area contributed by atoms with Crippen molar-refractivity contribution >= 4 is 9.84 Å². The fourth-order valence-electron chi connectivity index (χ4n) is 2.38. The van der Waals surface area contributed by atoms with Crippen molar-refractivity contribution in [2.75, 3.05) is 37.7 Å². The molecule has 0 radical (unpaired) electrons. The van der Waals surface area contributed by atoms with Crippen molar-refractivity contribution in [3.63, 3.8) is 0 Å². The molecule has 1 fully saturated rings. The molecule has 5 heteroatoms. The monoisotopic (exact) mass is 262 g/mol. The maximum absolute atomic E-state index is 11.6. The molecule has 0 aromatic carbocycles. The molecule has 1 unspecified atom stereocenters. The molecule has 0 aromatic rings. The summed E-state index contributed by atoms with van der Waals surface area (Å²) in [5, 5.41) is 3.38. The normalized spacial score (nSPS) is 23.2. The Morgan fingerprint density at radius 1 is 1.24 bits per heavy atom. The average Bonchev–Trinajstić information content (AvgIpc) is 2.46. The SMILES string of the molecule is CCCC(CNCC)N1CCCS(=O)(=O)CC1. The van der Waals surface area contributed by atoms with Gasteiger partial charge in [-0.05, 0) is 25.9 Å². The summed E-state index contributed by atoms with van der Waals surface area (Å²) in [6, 6.07) is 0.494. The van der Waals surface area contributed by atoms with Gasteiger partial charge in [0.15, 0.2) is 9.84 Å². The highest BCUT2D eigenvalue weighted by atomic mass is 32.2. The van der Waals surface area contributed by atoms with E-state index in [1.807, 2.05) is 0 Å². The highest BCUT2D eigenvalue weighted by Gasteiger charge is 2.23. The molecule has 1 aliphatic rings. The van der Waals surface area contributed by atoms with Crippen LogP contribution >= 0.6 is 0 Å². The zero-order valence-electron chi connectivity index (χ0n) is 11.1. The van der Waals surface area contributed by atoms with Gasteiger partial charge in [-0.15, -0.1) is 0 Å². The Kier molecular flexibility index (Phi) is 6.44. The van der Waals surface area contributed by atoms with Crippen LogP contribution in [0.5, 0.6) is 0 Å². The Balaban J connectivity index is 2.54. The zero-order chi connectivity index (χ0) is 12.7. The standard InChI is InChI=1S/C12H26N2O2S/c1-3-6-12(11-13-4-2)14-7-5-9-17(15,16)10-8-14/h12-13H,3-11H2,1-2H3. The molecule has 0 aliphatic carbocycles. The van der Waals surface area contributed by atoms with Gasteiger partial charge in [0.2, 0.25) is 0 Å². The van der Waals surface area contributed by atoms with Gasteiger partial charge < -0.3 is 5.32 Å². The van der Waals surface area contributed by atoms with Crippen LogP contribution in [0.4, 0.5) is 0 Å². The van der Waals surface area contributed by atoms with Crippen LogP contribution in [-0.2, 0) is 9.84 Å². The van der Waals surface area contributed by atoms with Gasteiger partial charge >= 0.3 is 0 Å². The molecule has 0 bridgehead atoms. The Morgan fingerprint density at radius 2 is 2.00 bits per heavy atom. The van der Waals surface area contributed by atoms with Crippen molar-refractivity contribution in [1.29, 1.82) is 0 Å². The fraction of sp³-hybridized carbons (Fsp3) is 1.00. The molecule has 1 aliphatic heterocycles. The van der Waals surface area contributed by atoms with Crippen LogP contribution in [-0.4, -0.2) is 57.0 Å². The molecule has 17 heavy (non-hydrogen) atoms. The van der Waals surface area contributed by atoms with Crippen LogP contribution in [0.3, 0.4) is 0 Å². The first kappa shape index (κ1) is 14.9. The van der Waals surface area contributed by atoms with Gasteiger partial charge in [-0.1, -0.05) is 20.3 Å². The highest BCUT2D eigenvalue weighted by Crippen LogP contribution is 2.12. The predicted octanol–water partition coefficient (Wildman–Crippen LogP) is 0.885. The van der Waals surface area contributed by atoms with Crippen molar-refractivity contribution in [2.45, 2.75) is 39.2 Å². The van der Waals surface area contributed by atoms with Crippen molar-refractivity contribution < 1.29 is 8.42 Å². The number of hydrogen-bond acceptors (Lipinski definition) is 4. The molecule has 0 amide bonds. The van der Waals surface area contributed by atoms with Crippen LogP contribution in [0, 0.1) is 0 Å². The molecule has 1 saturated heterocycles. The van der Waals surface area contributed by atoms with Crippen LogP contribution in [0.1, 0.15) is 33.1 Å². The van der Waals surface area contributed by atoms with Crippen molar-refractivity contribution in [3.05, 3.63) is 0 Å². The van der Waals surface area contributed by atoms with E-state index in [2.05, 4.69) is 24.1 Å². The summed E-state index contributed by atoms with van der Waals surface area (Å²) in [7, 11) is -2.78. The van der Waals surface area contributed by atoms with Crippen LogP contribution in [0.25, 0.3) is 0 Å². The van der Waals surface area contributed by atoms with Gasteiger partial charge in [0, 0.05) is 19.1 Å². The molecule has 0 aromatic heterocycles. The van der Waals surface area contributed by atoms with Gasteiger partial charge in [-0.2, -0.15) is 0 Å². The van der Waals surface area contributed by atoms with E-state index in [1.54, 1.807) is 0 Å². The maximum Gasteiger partial charge on any atom is 0.151 e. The van der Waals surface area contributed by atoms with E-state index in [0.29, 0.717) is 24.1 Å². The van der Waals surface area contributed by atoms with Crippen molar-refractivity contribution in [2.24, 2.45) is 0 Å². The summed E-state index contributed by atoms with van der Waals surface area (Å²) in [4.78, 5) is 2.36. The molecule has 102 valence electrons. The van der Waals surface area contributed by atoms with Crippen LogP contribution < -0.4 is 5.32 Å². The minimum atomic E-state index is -2.78. The Morgan fingerprint density at radius 3 is 2.65 bits per heavy atom. The lowest BCUT2D eigenvalue weighted by Gasteiger charge is -2.30. The van der Waals surface area contributed by atoms with Gasteiger partial charge in [0.1, 0.15) is 0 Å². The number of sulfone groups is 1. The first-order valence-electron chi connectivity index (χ1n) is 6.74. The van der Waals surface area contributed by atoms with Crippen molar-refractivity contribution in [1.82, 2.24) is 10.2 Å². The molecule has 0 saturated carbocycles. The lowest BCUT2D eigenvalue weighted by molar-refractivity contribution is 0.195. The largest absolute Gasteiger partial charge is 0.315 e. The number of nitrogens with one attached hydrogen (secondary N) is 1. The summed E-state index contributed by atoms with van der Waals surface area (Å²) in [5.41, 5.74) is 0. The molecule has 1 N–H and O–H groups in total. The molecule has 1 heterocycles. The predicted molar refractivity (Wildman–Crippen MR) is 72.1 cm³/mol. The smallest absolute Gasteiger partial charge is 0.151 e. The van der Waals surface area contributed by atoms with Gasteiger partial charge in [-0.3, -0.25) is 4.90 Å². The van der Waals surface area contributed by atoms with Gasteiger partial charge in [-0.25, -0.2) is 8.42 Å². The first-order valence-corrected chi connectivity index (χ1v) is 8.56. The third-order valence-electron chi connectivity index (χ3n) is 3.36. The number of hydrogen-bond donors (Lipinski definition) is 1. The molecule has 1 rings (SSSR count). The van der Waals surface area contributed by atoms with Gasteiger partial charge in [0.25, 0.3) is 0 Å². The van der Waals surface area contributed by atoms with E-state index in [-0.39, 0.29) is 0 Å². The molecular weight excluding hydrogens is 236 g/mol.